The first-order valence-corrected chi connectivity index (χ1v) is 9.26. The molecule has 31 heavy (non-hydrogen) atoms. The average molecular weight is 416 g/mol. The maximum atomic E-state index is 12.7. The predicted octanol–water partition coefficient (Wildman–Crippen LogP) is 3.74. The number of nitro groups is 1. The van der Waals surface area contributed by atoms with E-state index in [1.54, 1.807) is 36.4 Å². The number of nitro benzene ring substituents is 1. The number of aromatic nitrogens is 2. The van der Waals surface area contributed by atoms with E-state index in [2.05, 4.69) is 10.3 Å². The van der Waals surface area contributed by atoms with Crippen molar-refractivity contribution in [3.63, 3.8) is 0 Å². The average Bonchev–Trinajstić information content (AvgIpc) is 2.77. The fourth-order valence-corrected chi connectivity index (χ4v) is 2.99. The van der Waals surface area contributed by atoms with Crippen molar-refractivity contribution in [3.8, 4) is 11.5 Å². The quantitative estimate of drug-likeness (QED) is 0.378. The number of nitrogens with zero attached hydrogens (tertiary/aromatic N) is 3. The van der Waals surface area contributed by atoms with Gasteiger partial charge in [0.1, 0.15) is 12.3 Å². The molecule has 0 unspecified atom stereocenters. The van der Waals surface area contributed by atoms with Crippen LogP contribution in [0.2, 0.25) is 0 Å². The molecule has 1 aromatic heterocycles. The van der Waals surface area contributed by atoms with Crippen molar-refractivity contribution in [2.75, 3.05) is 5.32 Å². The van der Waals surface area contributed by atoms with Crippen LogP contribution in [0.1, 0.15) is 0 Å². The Morgan fingerprint density at radius 3 is 2.58 bits per heavy atom. The second-order valence-electron chi connectivity index (χ2n) is 6.60. The van der Waals surface area contributed by atoms with Gasteiger partial charge in [-0.1, -0.05) is 30.3 Å². The second kappa shape index (κ2) is 8.46. The molecule has 0 radical (unpaired) electrons. The van der Waals surface area contributed by atoms with Crippen LogP contribution in [0.3, 0.4) is 0 Å². The van der Waals surface area contributed by atoms with Crippen molar-refractivity contribution in [2.24, 2.45) is 0 Å². The molecular formula is C22H16N4O5. The van der Waals surface area contributed by atoms with Gasteiger partial charge in [0, 0.05) is 12.1 Å². The summed E-state index contributed by atoms with van der Waals surface area (Å²) in [4.78, 5) is 39.6. The highest BCUT2D eigenvalue weighted by Crippen LogP contribution is 2.29. The second-order valence-corrected chi connectivity index (χ2v) is 6.60. The van der Waals surface area contributed by atoms with Gasteiger partial charge in [0.2, 0.25) is 5.91 Å². The van der Waals surface area contributed by atoms with E-state index in [0.717, 1.165) is 4.57 Å². The SMILES string of the molecule is O=C(Cn1cnc2cc([N+](=O)[O-])ccc2c1=O)Nc1ccccc1Oc1ccccc1. The molecule has 4 rings (SSSR count). The molecule has 0 saturated carbocycles. The Morgan fingerprint density at radius 1 is 1.06 bits per heavy atom. The van der Waals surface area contributed by atoms with Crippen molar-refractivity contribution in [3.05, 3.63) is 99.6 Å². The fourth-order valence-electron chi connectivity index (χ4n) is 2.99. The standard InChI is InChI=1S/C22H16N4O5/c27-21(24-18-8-4-5-9-20(18)31-16-6-2-1-3-7-16)13-25-14-23-19-12-15(26(29)30)10-11-17(19)22(25)28/h1-12,14H,13H2,(H,24,27). The number of rotatable bonds is 6. The lowest BCUT2D eigenvalue weighted by Gasteiger charge is -2.13. The lowest BCUT2D eigenvalue weighted by atomic mass is 10.2. The van der Waals surface area contributed by atoms with E-state index in [1.165, 1.54) is 24.5 Å². The van der Waals surface area contributed by atoms with Crippen molar-refractivity contribution in [1.29, 1.82) is 0 Å². The molecule has 9 heteroatoms. The normalized spacial score (nSPS) is 10.6. The number of benzene rings is 3. The van der Waals surface area contributed by atoms with Crippen LogP contribution >= 0.6 is 0 Å². The number of hydrogen-bond acceptors (Lipinski definition) is 6. The molecule has 154 valence electrons. The third-order valence-electron chi connectivity index (χ3n) is 4.47. The zero-order valence-electron chi connectivity index (χ0n) is 16.1. The number of carbonyl (C=O) groups excluding carboxylic acids is 1. The fraction of sp³-hybridized carbons (Fsp3) is 0.0455. The van der Waals surface area contributed by atoms with E-state index < -0.39 is 16.4 Å². The zero-order chi connectivity index (χ0) is 21.8. The monoisotopic (exact) mass is 416 g/mol. The van der Waals surface area contributed by atoms with Gasteiger partial charge in [-0.2, -0.15) is 0 Å². The van der Waals surface area contributed by atoms with Crippen LogP contribution in [-0.2, 0) is 11.3 Å². The summed E-state index contributed by atoms with van der Waals surface area (Å²) in [6.07, 6.45) is 1.19. The topological polar surface area (TPSA) is 116 Å². The molecule has 1 N–H and O–H groups in total. The van der Waals surface area contributed by atoms with Crippen LogP contribution in [0.4, 0.5) is 11.4 Å². The molecule has 0 aliphatic carbocycles. The van der Waals surface area contributed by atoms with Gasteiger partial charge in [0.25, 0.3) is 11.2 Å². The number of hydrogen-bond donors (Lipinski definition) is 1. The summed E-state index contributed by atoms with van der Waals surface area (Å²) in [5.41, 5.74) is 0.0139. The number of para-hydroxylation sites is 3. The van der Waals surface area contributed by atoms with Gasteiger partial charge >= 0.3 is 0 Å². The molecule has 0 atom stereocenters. The molecule has 0 saturated heterocycles. The highest BCUT2D eigenvalue weighted by molar-refractivity contribution is 5.92. The number of nitrogens with one attached hydrogen (secondary N) is 1. The van der Waals surface area contributed by atoms with Gasteiger partial charge in [-0.3, -0.25) is 24.3 Å². The Labute approximate surface area is 175 Å². The summed E-state index contributed by atoms with van der Waals surface area (Å²) in [7, 11) is 0. The van der Waals surface area contributed by atoms with Crippen LogP contribution in [0.15, 0.2) is 83.9 Å². The Balaban J connectivity index is 1.54. The van der Waals surface area contributed by atoms with Gasteiger partial charge in [-0.15, -0.1) is 0 Å². The molecule has 0 fully saturated rings. The molecule has 3 aromatic carbocycles. The van der Waals surface area contributed by atoms with Gasteiger partial charge in [0.15, 0.2) is 5.75 Å². The van der Waals surface area contributed by atoms with E-state index in [4.69, 9.17) is 4.74 Å². The Hall–Kier alpha value is -4.53. The largest absolute Gasteiger partial charge is 0.455 e. The minimum absolute atomic E-state index is 0.162. The van der Waals surface area contributed by atoms with Gasteiger partial charge < -0.3 is 10.1 Å². The first-order valence-electron chi connectivity index (χ1n) is 9.26. The van der Waals surface area contributed by atoms with Crippen LogP contribution in [0.5, 0.6) is 11.5 Å². The Bertz CT molecular complexity index is 1330. The van der Waals surface area contributed by atoms with E-state index in [-0.39, 0.29) is 23.1 Å². The van der Waals surface area contributed by atoms with Crippen LogP contribution in [-0.4, -0.2) is 20.4 Å². The van der Waals surface area contributed by atoms with Crippen LogP contribution < -0.4 is 15.6 Å². The summed E-state index contributed by atoms with van der Waals surface area (Å²) >= 11 is 0. The minimum atomic E-state index is -0.560. The number of carbonyl (C=O) groups is 1. The van der Waals surface area contributed by atoms with E-state index in [0.29, 0.717) is 17.2 Å². The van der Waals surface area contributed by atoms with E-state index in [9.17, 15) is 19.7 Å². The van der Waals surface area contributed by atoms with Crippen molar-refractivity contribution in [1.82, 2.24) is 9.55 Å². The molecule has 0 aliphatic heterocycles. The van der Waals surface area contributed by atoms with Crippen molar-refractivity contribution < 1.29 is 14.5 Å². The number of ether oxygens (including phenoxy) is 1. The molecule has 1 amide bonds. The summed E-state index contributed by atoms with van der Waals surface area (Å²) in [5, 5.41) is 13.8. The van der Waals surface area contributed by atoms with Crippen molar-refractivity contribution in [2.45, 2.75) is 6.54 Å². The van der Waals surface area contributed by atoms with Gasteiger partial charge in [-0.05, 0) is 30.3 Å². The van der Waals surface area contributed by atoms with E-state index in [1.807, 2.05) is 18.2 Å². The predicted molar refractivity (Wildman–Crippen MR) is 114 cm³/mol. The first-order chi connectivity index (χ1) is 15.0. The molecule has 9 nitrogen and oxygen atoms in total. The molecule has 0 spiro atoms. The highest BCUT2D eigenvalue weighted by Gasteiger charge is 2.13. The maximum Gasteiger partial charge on any atom is 0.271 e. The number of non-ortho nitro benzene ring substituents is 1. The zero-order valence-corrected chi connectivity index (χ0v) is 16.1. The molecular weight excluding hydrogens is 400 g/mol. The molecule has 0 bridgehead atoms. The highest BCUT2D eigenvalue weighted by atomic mass is 16.6. The smallest absolute Gasteiger partial charge is 0.271 e. The summed E-state index contributed by atoms with van der Waals surface area (Å²) in [6.45, 7) is -0.279. The maximum absolute atomic E-state index is 12.7. The summed E-state index contributed by atoms with van der Waals surface area (Å²) in [5.74, 6) is 0.626. The summed E-state index contributed by atoms with van der Waals surface area (Å²) in [6, 6.07) is 19.9. The van der Waals surface area contributed by atoms with Gasteiger partial charge in [-0.25, -0.2) is 4.98 Å². The number of fused-ring (bicyclic) bond motifs is 1. The number of anilines is 1. The molecule has 1 heterocycles. The first kappa shape index (κ1) is 19.8. The molecule has 4 aromatic rings. The summed E-state index contributed by atoms with van der Waals surface area (Å²) < 4.78 is 6.96. The van der Waals surface area contributed by atoms with Crippen molar-refractivity contribution >= 4 is 28.2 Å². The molecule has 0 aliphatic rings. The lowest BCUT2D eigenvalue weighted by molar-refractivity contribution is -0.384. The minimum Gasteiger partial charge on any atom is -0.455 e. The Kier molecular flexibility index (Phi) is 5.39. The van der Waals surface area contributed by atoms with E-state index >= 15 is 0 Å². The number of amides is 1. The van der Waals surface area contributed by atoms with Gasteiger partial charge in [0.05, 0.1) is 27.8 Å². The van der Waals surface area contributed by atoms with Crippen LogP contribution in [0.25, 0.3) is 10.9 Å². The lowest BCUT2D eigenvalue weighted by Crippen LogP contribution is -2.28. The third-order valence-corrected chi connectivity index (χ3v) is 4.47. The Morgan fingerprint density at radius 2 is 1.81 bits per heavy atom. The third kappa shape index (κ3) is 4.40. The van der Waals surface area contributed by atoms with Crippen LogP contribution in [0, 0.1) is 10.1 Å².